The van der Waals surface area contributed by atoms with Gasteiger partial charge in [0, 0.05) is 6.92 Å². The molecule has 1 rings (SSSR count). The highest BCUT2D eigenvalue weighted by atomic mass is 79.9. The number of aromatic nitrogens is 1. The van der Waals surface area contributed by atoms with Crippen LogP contribution in [-0.2, 0) is 4.79 Å². The maximum atomic E-state index is 10.6. The lowest BCUT2D eigenvalue weighted by Crippen LogP contribution is -2.05. The number of carbonyl (C=O) groups excluding carboxylic acids is 1. The van der Waals surface area contributed by atoms with E-state index in [9.17, 15) is 4.79 Å². The fourth-order valence-electron chi connectivity index (χ4n) is 0.693. The lowest BCUT2D eigenvalue weighted by Gasteiger charge is -2.01. The summed E-state index contributed by atoms with van der Waals surface area (Å²) in [7, 11) is 0. The van der Waals surface area contributed by atoms with Gasteiger partial charge in [0.15, 0.2) is 0 Å². The van der Waals surface area contributed by atoms with Crippen molar-refractivity contribution < 1.29 is 4.79 Å². The van der Waals surface area contributed by atoms with Crippen molar-refractivity contribution in [3.8, 4) is 0 Å². The zero-order valence-electron chi connectivity index (χ0n) is 6.27. The molecular weight excluding hydrogens is 288 g/mol. The lowest BCUT2D eigenvalue weighted by molar-refractivity contribution is -0.114. The van der Waals surface area contributed by atoms with Gasteiger partial charge in [-0.15, -0.1) is 0 Å². The summed E-state index contributed by atoms with van der Waals surface area (Å²) in [4.78, 5) is 14.6. The zero-order valence-corrected chi connectivity index (χ0v) is 9.44. The van der Waals surface area contributed by atoms with Crippen LogP contribution in [0.4, 0.5) is 5.69 Å². The second kappa shape index (κ2) is 4.00. The zero-order chi connectivity index (χ0) is 9.14. The molecule has 0 aliphatic heterocycles. The molecule has 3 nitrogen and oxygen atoms in total. The van der Waals surface area contributed by atoms with Crippen molar-refractivity contribution in [3.05, 3.63) is 21.3 Å². The minimum atomic E-state index is -0.106. The van der Waals surface area contributed by atoms with E-state index in [2.05, 4.69) is 42.2 Å². The smallest absolute Gasteiger partial charge is 0.221 e. The fourth-order valence-corrected chi connectivity index (χ4v) is 1.26. The lowest BCUT2D eigenvalue weighted by atomic mass is 10.4. The standard InChI is InChI=1S/C7H6Br2N2O/c1-4(12)11-5-2-6(8)7(9)10-3-5/h2-3H,1H3,(H,11,12). The quantitative estimate of drug-likeness (QED) is 0.809. The summed E-state index contributed by atoms with van der Waals surface area (Å²) in [6.07, 6.45) is 1.58. The number of pyridine rings is 1. The molecule has 1 heterocycles. The van der Waals surface area contributed by atoms with Crippen molar-refractivity contribution in [2.45, 2.75) is 6.92 Å². The molecule has 0 fully saturated rings. The largest absolute Gasteiger partial charge is 0.325 e. The Hall–Kier alpha value is -0.420. The third kappa shape index (κ3) is 2.57. The number of anilines is 1. The first kappa shape index (κ1) is 9.67. The van der Waals surface area contributed by atoms with E-state index in [4.69, 9.17) is 0 Å². The number of amides is 1. The first-order valence-electron chi connectivity index (χ1n) is 3.18. The summed E-state index contributed by atoms with van der Waals surface area (Å²) in [6.45, 7) is 1.45. The summed E-state index contributed by atoms with van der Waals surface area (Å²) >= 11 is 6.50. The Labute approximate surface area is 86.8 Å². The molecule has 0 saturated heterocycles. The van der Waals surface area contributed by atoms with Gasteiger partial charge in [-0.25, -0.2) is 4.98 Å². The Morgan fingerprint density at radius 2 is 2.25 bits per heavy atom. The van der Waals surface area contributed by atoms with E-state index in [-0.39, 0.29) is 5.91 Å². The summed E-state index contributed by atoms with van der Waals surface area (Å²) in [6, 6.07) is 1.78. The van der Waals surface area contributed by atoms with Crippen LogP contribution in [0, 0.1) is 0 Å². The van der Waals surface area contributed by atoms with Crippen molar-refractivity contribution in [1.29, 1.82) is 0 Å². The summed E-state index contributed by atoms with van der Waals surface area (Å²) in [5.41, 5.74) is 0.678. The number of rotatable bonds is 1. The van der Waals surface area contributed by atoms with Crippen LogP contribution in [0.1, 0.15) is 6.92 Å². The van der Waals surface area contributed by atoms with Gasteiger partial charge in [0.25, 0.3) is 0 Å². The number of carbonyl (C=O) groups is 1. The monoisotopic (exact) mass is 292 g/mol. The molecular formula is C7H6Br2N2O. The second-order valence-electron chi connectivity index (χ2n) is 2.18. The van der Waals surface area contributed by atoms with Crippen LogP contribution >= 0.6 is 31.9 Å². The molecule has 0 unspecified atom stereocenters. The molecule has 1 aromatic heterocycles. The van der Waals surface area contributed by atoms with Crippen molar-refractivity contribution in [1.82, 2.24) is 4.98 Å². The van der Waals surface area contributed by atoms with Gasteiger partial charge in [-0.3, -0.25) is 4.79 Å². The Bertz CT molecular complexity index is 314. The topological polar surface area (TPSA) is 42.0 Å². The summed E-state index contributed by atoms with van der Waals surface area (Å²) in [5, 5.41) is 2.62. The number of halogens is 2. The van der Waals surface area contributed by atoms with Crippen LogP contribution in [0.25, 0.3) is 0 Å². The van der Waals surface area contributed by atoms with Gasteiger partial charge in [0.1, 0.15) is 4.60 Å². The maximum absolute atomic E-state index is 10.6. The molecule has 0 spiro atoms. The SMILES string of the molecule is CC(=O)Nc1cnc(Br)c(Br)c1. The van der Waals surface area contributed by atoms with Gasteiger partial charge in [0.05, 0.1) is 16.4 Å². The molecule has 5 heteroatoms. The van der Waals surface area contributed by atoms with Crippen LogP contribution < -0.4 is 5.32 Å². The number of nitrogens with zero attached hydrogens (tertiary/aromatic N) is 1. The van der Waals surface area contributed by atoms with Gasteiger partial charge in [-0.05, 0) is 37.9 Å². The van der Waals surface area contributed by atoms with E-state index in [0.717, 1.165) is 9.08 Å². The van der Waals surface area contributed by atoms with Crippen molar-refractivity contribution >= 4 is 43.5 Å². The highest BCUT2D eigenvalue weighted by Crippen LogP contribution is 2.23. The Morgan fingerprint density at radius 1 is 1.58 bits per heavy atom. The summed E-state index contributed by atoms with van der Waals surface area (Å²) < 4.78 is 1.53. The summed E-state index contributed by atoms with van der Waals surface area (Å²) in [5.74, 6) is -0.106. The molecule has 0 radical (unpaired) electrons. The third-order valence-corrected chi connectivity index (χ3v) is 2.89. The fraction of sp³-hybridized carbons (Fsp3) is 0.143. The number of hydrogen-bond acceptors (Lipinski definition) is 2. The van der Waals surface area contributed by atoms with Crippen LogP contribution in [0.2, 0.25) is 0 Å². The van der Waals surface area contributed by atoms with Crippen molar-refractivity contribution in [2.24, 2.45) is 0 Å². The van der Waals surface area contributed by atoms with Crippen LogP contribution in [-0.4, -0.2) is 10.9 Å². The number of hydrogen-bond donors (Lipinski definition) is 1. The van der Waals surface area contributed by atoms with Gasteiger partial charge in [-0.2, -0.15) is 0 Å². The average Bonchev–Trinajstić information content (AvgIpc) is 1.96. The highest BCUT2D eigenvalue weighted by Gasteiger charge is 2.00. The molecule has 1 aromatic rings. The molecule has 0 aliphatic carbocycles. The van der Waals surface area contributed by atoms with Gasteiger partial charge in [0.2, 0.25) is 5.91 Å². The number of nitrogens with one attached hydrogen (secondary N) is 1. The highest BCUT2D eigenvalue weighted by molar-refractivity contribution is 9.13. The van der Waals surface area contributed by atoms with E-state index in [1.165, 1.54) is 6.92 Å². The molecule has 0 atom stereocenters. The van der Waals surface area contributed by atoms with Crippen LogP contribution in [0.15, 0.2) is 21.3 Å². The van der Waals surface area contributed by atoms with E-state index >= 15 is 0 Å². The van der Waals surface area contributed by atoms with E-state index < -0.39 is 0 Å². The second-order valence-corrected chi connectivity index (χ2v) is 3.78. The minimum absolute atomic E-state index is 0.106. The van der Waals surface area contributed by atoms with Crippen molar-refractivity contribution in [2.75, 3.05) is 5.32 Å². The molecule has 0 bridgehead atoms. The molecule has 0 aromatic carbocycles. The van der Waals surface area contributed by atoms with E-state index in [0.29, 0.717) is 5.69 Å². The van der Waals surface area contributed by atoms with E-state index in [1.807, 2.05) is 0 Å². The average molecular weight is 294 g/mol. The van der Waals surface area contributed by atoms with Crippen LogP contribution in [0.5, 0.6) is 0 Å². The Balaban J connectivity index is 2.89. The van der Waals surface area contributed by atoms with E-state index in [1.54, 1.807) is 12.3 Å². The van der Waals surface area contributed by atoms with Crippen LogP contribution in [0.3, 0.4) is 0 Å². The molecule has 12 heavy (non-hydrogen) atoms. The Morgan fingerprint density at radius 3 is 2.75 bits per heavy atom. The predicted molar refractivity (Wildman–Crippen MR) is 53.9 cm³/mol. The molecule has 0 aliphatic rings. The first-order chi connectivity index (χ1) is 5.59. The molecule has 1 amide bonds. The maximum Gasteiger partial charge on any atom is 0.221 e. The third-order valence-electron chi connectivity index (χ3n) is 1.12. The molecule has 64 valence electrons. The Kier molecular flexibility index (Phi) is 3.22. The minimum Gasteiger partial charge on any atom is -0.325 e. The predicted octanol–water partition coefficient (Wildman–Crippen LogP) is 2.56. The first-order valence-corrected chi connectivity index (χ1v) is 4.77. The van der Waals surface area contributed by atoms with Gasteiger partial charge < -0.3 is 5.32 Å². The normalized spacial score (nSPS) is 9.58. The van der Waals surface area contributed by atoms with Gasteiger partial charge in [-0.1, -0.05) is 0 Å². The van der Waals surface area contributed by atoms with Crippen molar-refractivity contribution in [3.63, 3.8) is 0 Å². The molecule has 1 N–H and O–H groups in total. The van der Waals surface area contributed by atoms with Gasteiger partial charge >= 0.3 is 0 Å². The molecule has 0 saturated carbocycles.